The number of aromatic nitrogens is 1. The van der Waals surface area contributed by atoms with Crippen molar-refractivity contribution in [3.63, 3.8) is 0 Å². The van der Waals surface area contributed by atoms with Gasteiger partial charge in [0.1, 0.15) is 11.5 Å². The van der Waals surface area contributed by atoms with Crippen LogP contribution in [0.1, 0.15) is 11.3 Å². The second-order valence-electron chi connectivity index (χ2n) is 6.06. The fraction of sp³-hybridized carbons (Fsp3) is 0.143. The summed E-state index contributed by atoms with van der Waals surface area (Å²) in [5.41, 5.74) is 0.665. The SMILES string of the molecule is COc1ccc2c(c1)[C@@](Oc1ccccc1)(c1ccccn1)C(=O)N2C. The van der Waals surface area contributed by atoms with E-state index in [1.165, 1.54) is 0 Å². The third-order valence-corrected chi connectivity index (χ3v) is 4.59. The fourth-order valence-corrected chi connectivity index (χ4v) is 3.31. The minimum atomic E-state index is -1.36. The Morgan fingerprint density at radius 1 is 0.962 bits per heavy atom. The summed E-state index contributed by atoms with van der Waals surface area (Å²) >= 11 is 0. The van der Waals surface area contributed by atoms with Gasteiger partial charge < -0.3 is 14.4 Å². The number of likely N-dealkylation sites (N-methyl/N-ethyl adjacent to an activating group) is 1. The number of amides is 1. The number of nitrogens with zero attached hydrogens (tertiary/aromatic N) is 2. The second kappa shape index (κ2) is 6.19. The smallest absolute Gasteiger partial charge is 0.282 e. The highest BCUT2D eigenvalue weighted by Crippen LogP contribution is 2.47. The van der Waals surface area contributed by atoms with Crippen LogP contribution in [0.25, 0.3) is 0 Å². The van der Waals surface area contributed by atoms with Crippen molar-refractivity contribution < 1.29 is 14.3 Å². The maximum atomic E-state index is 13.4. The number of carbonyl (C=O) groups excluding carboxylic acids is 1. The Balaban J connectivity index is 1.99. The molecule has 0 saturated carbocycles. The third-order valence-electron chi connectivity index (χ3n) is 4.59. The zero-order valence-corrected chi connectivity index (χ0v) is 14.5. The summed E-state index contributed by atoms with van der Waals surface area (Å²) in [6.45, 7) is 0. The number of ether oxygens (including phenoxy) is 2. The summed E-state index contributed by atoms with van der Waals surface area (Å²) < 4.78 is 11.7. The topological polar surface area (TPSA) is 51.7 Å². The molecule has 0 N–H and O–H groups in total. The summed E-state index contributed by atoms with van der Waals surface area (Å²) in [6, 6.07) is 20.3. The molecule has 26 heavy (non-hydrogen) atoms. The van der Waals surface area contributed by atoms with Gasteiger partial charge in [0.15, 0.2) is 0 Å². The van der Waals surface area contributed by atoms with Crippen LogP contribution in [-0.4, -0.2) is 25.0 Å². The summed E-state index contributed by atoms with van der Waals surface area (Å²) in [7, 11) is 3.34. The maximum Gasteiger partial charge on any atom is 0.282 e. The van der Waals surface area contributed by atoms with Gasteiger partial charge in [0.25, 0.3) is 11.5 Å². The van der Waals surface area contributed by atoms with Gasteiger partial charge in [0.05, 0.1) is 18.5 Å². The third kappa shape index (κ3) is 2.32. The van der Waals surface area contributed by atoms with Gasteiger partial charge in [-0.1, -0.05) is 24.3 Å². The Labute approximate surface area is 151 Å². The van der Waals surface area contributed by atoms with Crippen molar-refractivity contribution in [2.45, 2.75) is 5.60 Å². The molecule has 5 heteroatoms. The summed E-state index contributed by atoms with van der Waals surface area (Å²) in [6.07, 6.45) is 1.66. The number of methoxy groups -OCH3 is 1. The van der Waals surface area contributed by atoms with E-state index in [0.29, 0.717) is 22.8 Å². The van der Waals surface area contributed by atoms with E-state index in [9.17, 15) is 4.79 Å². The molecule has 2 aromatic carbocycles. The number of rotatable bonds is 4. The molecule has 2 heterocycles. The largest absolute Gasteiger partial charge is 0.497 e. The number of carbonyl (C=O) groups is 1. The van der Waals surface area contributed by atoms with E-state index < -0.39 is 5.60 Å². The first kappa shape index (κ1) is 16.1. The summed E-state index contributed by atoms with van der Waals surface area (Å²) in [5, 5.41) is 0. The molecule has 0 aliphatic carbocycles. The molecule has 0 radical (unpaired) electrons. The molecular formula is C21H18N2O3. The average Bonchev–Trinajstić information content (AvgIpc) is 2.91. The zero-order valence-electron chi connectivity index (χ0n) is 14.5. The maximum absolute atomic E-state index is 13.4. The second-order valence-corrected chi connectivity index (χ2v) is 6.06. The summed E-state index contributed by atoms with van der Waals surface area (Å²) in [4.78, 5) is 19.5. The van der Waals surface area contributed by atoms with Crippen molar-refractivity contribution >= 4 is 11.6 Å². The number of para-hydroxylation sites is 1. The first-order valence-corrected chi connectivity index (χ1v) is 8.29. The molecule has 4 rings (SSSR count). The molecule has 3 aromatic rings. The number of anilines is 1. The molecule has 1 amide bonds. The van der Waals surface area contributed by atoms with Crippen molar-refractivity contribution in [3.8, 4) is 11.5 Å². The first-order valence-electron chi connectivity index (χ1n) is 8.29. The lowest BCUT2D eigenvalue weighted by atomic mass is 9.90. The van der Waals surface area contributed by atoms with Gasteiger partial charge in [0.2, 0.25) is 0 Å². The molecule has 1 aromatic heterocycles. The highest BCUT2D eigenvalue weighted by molar-refractivity contribution is 6.09. The quantitative estimate of drug-likeness (QED) is 0.727. The van der Waals surface area contributed by atoms with Crippen molar-refractivity contribution in [1.82, 2.24) is 4.98 Å². The van der Waals surface area contributed by atoms with E-state index in [1.807, 2.05) is 66.7 Å². The lowest BCUT2D eigenvalue weighted by molar-refractivity contribution is -0.130. The van der Waals surface area contributed by atoms with Gasteiger partial charge >= 0.3 is 0 Å². The Morgan fingerprint density at radius 3 is 2.42 bits per heavy atom. The van der Waals surface area contributed by atoms with Crippen LogP contribution >= 0.6 is 0 Å². The van der Waals surface area contributed by atoms with Crippen molar-refractivity contribution in [1.29, 1.82) is 0 Å². The van der Waals surface area contributed by atoms with Crippen molar-refractivity contribution in [3.05, 3.63) is 84.2 Å². The van der Waals surface area contributed by atoms with E-state index in [0.717, 1.165) is 5.69 Å². The number of hydrogen-bond acceptors (Lipinski definition) is 4. The van der Waals surface area contributed by atoms with Crippen LogP contribution in [0.3, 0.4) is 0 Å². The van der Waals surface area contributed by atoms with Crippen LogP contribution in [0.15, 0.2) is 72.9 Å². The predicted octanol–water partition coefficient (Wildman–Crippen LogP) is 3.39. The van der Waals surface area contributed by atoms with Gasteiger partial charge in [-0.3, -0.25) is 9.78 Å². The van der Waals surface area contributed by atoms with Crippen LogP contribution < -0.4 is 14.4 Å². The molecule has 5 nitrogen and oxygen atoms in total. The number of benzene rings is 2. The average molecular weight is 346 g/mol. The Hall–Kier alpha value is -3.34. The Morgan fingerprint density at radius 2 is 1.73 bits per heavy atom. The van der Waals surface area contributed by atoms with Gasteiger partial charge in [-0.15, -0.1) is 0 Å². The molecule has 1 aliphatic rings. The molecule has 0 bridgehead atoms. The summed E-state index contributed by atoms with van der Waals surface area (Å²) in [5.74, 6) is 1.06. The highest BCUT2D eigenvalue weighted by atomic mass is 16.5. The van der Waals surface area contributed by atoms with Crippen LogP contribution in [0, 0.1) is 0 Å². The van der Waals surface area contributed by atoms with Gasteiger partial charge in [-0.2, -0.15) is 0 Å². The lowest BCUT2D eigenvalue weighted by Crippen LogP contribution is -2.45. The minimum Gasteiger partial charge on any atom is -0.497 e. The molecule has 0 saturated heterocycles. The van der Waals surface area contributed by atoms with Gasteiger partial charge in [0, 0.05) is 18.8 Å². The molecular weight excluding hydrogens is 328 g/mol. The number of hydrogen-bond donors (Lipinski definition) is 0. The number of pyridine rings is 1. The van der Waals surface area contributed by atoms with Gasteiger partial charge in [-0.05, 0) is 42.5 Å². The van der Waals surface area contributed by atoms with E-state index in [-0.39, 0.29) is 5.91 Å². The Kier molecular flexibility index (Phi) is 3.84. The van der Waals surface area contributed by atoms with Crippen molar-refractivity contribution in [2.75, 3.05) is 19.1 Å². The fourth-order valence-electron chi connectivity index (χ4n) is 3.31. The molecule has 1 aliphatic heterocycles. The van der Waals surface area contributed by atoms with E-state index in [4.69, 9.17) is 9.47 Å². The lowest BCUT2D eigenvalue weighted by Gasteiger charge is -2.29. The molecule has 130 valence electrons. The van der Waals surface area contributed by atoms with Crippen molar-refractivity contribution in [2.24, 2.45) is 0 Å². The molecule has 0 fully saturated rings. The van der Waals surface area contributed by atoms with E-state index in [1.54, 1.807) is 25.3 Å². The predicted molar refractivity (Wildman–Crippen MR) is 98.5 cm³/mol. The van der Waals surface area contributed by atoms with Crippen LogP contribution in [0.2, 0.25) is 0 Å². The van der Waals surface area contributed by atoms with Gasteiger partial charge in [-0.25, -0.2) is 0 Å². The van der Waals surface area contributed by atoms with Crippen LogP contribution in [-0.2, 0) is 10.4 Å². The van der Waals surface area contributed by atoms with E-state index in [2.05, 4.69) is 4.98 Å². The van der Waals surface area contributed by atoms with Crippen LogP contribution in [0.4, 0.5) is 5.69 Å². The molecule has 0 unspecified atom stereocenters. The zero-order chi connectivity index (χ0) is 18.1. The Bertz CT molecular complexity index is 944. The minimum absolute atomic E-state index is 0.191. The monoisotopic (exact) mass is 346 g/mol. The van der Waals surface area contributed by atoms with E-state index >= 15 is 0 Å². The first-order chi connectivity index (χ1) is 12.7. The normalized spacial score (nSPS) is 18.5. The molecule has 1 atom stereocenters. The number of fused-ring (bicyclic) bond motifs is 1. The van der Waals surface area contributed by atoms with Crippen LogP contribution in [0.5, 0.6) is 11.5 Å². The highest BCUT2D eigenvalue weighted by Gasteiger charge is 2.55. The molecule has 0 spiro atoms. The standard InChI is InChI=1S/C21H18N2O3/c1-23-18-12-11-16(25-2)14-17(18)21(20(23)24,19-10-6-7-13-22-19)26-15-8-4-3-5-9-15/h3-14H,1-2H3/t21-/m1/s1.